The molecule has 1 saturated heterocycles. The van der Waals surface area contributed by atoms with E-state index in [-0.39, 0.29) is 24.0 Å². The zero-order valence-corrected chi connectivity index (χ0v) is 25.9. The van der Waals surface area contributed by atoms with Crippen LogP contribution in [0.4, 0.5) is 0 Å². The van der Waals surface area contributed by atoms with Crippen LogP contribution in [0.2, 0.25) is 0 Å². The first kappa shape index (κ1) is 34.2. The van der Waals surface area contributed by atoms with Crippen molar-refractivity contribution in [3.63, 3.8) is 0 Å². The lowest BCUT2D eigenvalue weighted by Gasteiger charge is -2.26. The van der Waals surface area contributed by atoms with Crippen LogP contribution >= 0.6 is 0 Å². The summed E-state index contributed by atoms with van der Waals surface area (Å²) in [6, 6.07) is 15.6. The minimum Gasteiger partial charge on any atom is -0.381 e. The smallest absolute Gasteiger partial charge is 0.319 e. The molecule has 3 amide bonds. The number of imide groups is 3. The molecule has 2 aromatic carbocycles. The van der Waals surface area contributed by atoms with Crippen LogP contribution in [0.5, 0.6) is 0 Å². The second kappa shape index (κ2) is 14.6. The first-order chi connectivity index (χ1) is 21.8. The van der Waals surface area contributed by atoms with E-state index in [4.69, 9.17) is 22.3 Å². The quantitative estimate of drug-likeness (QED) is 0.0793. The first-order valence-corrected chi connectivity index (χ1v) is 16.0. The Balaban J connectivity index is 1.81. The van der Waals surface area contributed by atoms with Gasteiger partial charge < -0.3 is 22.5 Å². The molecule has 242 valence electrons. The Morgan fingerprint density at radius 2 is 1.54 bits per heavy atom. The normalized spacial score (nSPS) is 16.4. The van der Waals surface area contributed by atoms with E-state index in [0.717, 1.165) is 11.6 Å². The summed E-state index contributed by atoms with van der Waals surface area (Å²) in [6.07, 6.45) is 1.15. The Morgan fingerprint density at radius 1 is 0.978 bits per heavy atom. The van der Waals surface area contributed by atoms with Gasteiger partial charge in [0.25, 0.3) is 17.7 Å². The molecule has 1 aliphatic heterocycles. The van der Waals surface area contributed by atoms with Crippen LogP contribution in [0.25, 0.3) is 0 Å². The summed E-state index contributed by atoms with van der Waals surface area (Å²) in [5.41, 5.74) is 18.8. The molecular formula is C31H36N8O6S. The van der Waals surface area contributed by atoms with E-state index in [1.807, 2.05) is 6.07 Å². The van der Waals surface area contributed by atoms with Gasteiger partial charge in [0, 0.05) is 5.56 Å². The topological polar surface area (TPSA) is 247 Å². The summed E-state index contributed by atoms with van der Waals surface area (Å²) in [6.45, 7) is 1.89. The summed E-state index contributed by atoms with van der Waals surface area (Å²) in [4.78, 5) is 60.0. The van der Waals surface area contributed by atoms with E-state index in [9.17, 15) is 27.6 Å². The van der Waals surface area contributed by atoms with Crippen molar-refractivity contribution < 1.29 is 27.6 Å². The highest BCUT2D eigenvalue weighted by atomic mass is 32.2. The van der Waals surface area contributed by atoms with Crippen LogP contribution in [0, 0.1) is 6.92 Å². The van der Waals surface area contributed by atoms with Gasteiger partial charge in [-0.05, 0) is 61.9 Å². The third-order valence-corrected chi connectivity index (χ3v) is 7.93. The van der Waals surface area contributed by atoms with Gasteiger partial charge in [-0.3, -0.25) is 19.2 Å². The number of pyridine rings is 1. The molecule has 1 aromatic heterocycles. The van der Waals surface area contributed by atoms with Crippen molar-refractivity contribution in [3.8, 4) is 0 Å². The van der Waals surface area contributed by atoms with E-state index < -0.39 is 69.1 Å². The minimum absolute atomic E-state index is 0.0210. The van der Waals surface area contributed by atoms with Crippen LogP contribution in [0.1, 0.15) is 56.1 Å². The highest BCUT2D eigenvalue weighted by Crippen LogP contribution is 2.21. The number of Topliss-reactive ketones (excluding diaryl/α,β-unsaturated/α-hetero) is 1. The zero-order chi connectivity index (χ0) is 33.6. The van der Waals surface area contributed by atoms with Crippen molar-refractivity contribution >= 4 is 39.5 Å². The van der Waals surface area contributed by atoms with Crippen molar-refractivity contribution in [1.29, 1.82) is 0 Å². The summed E-state index contributed by atoms with van der Waals surface area (Å²) in [5, 5.41) is 8.01. The predicted molar refractivity (Wildman–Crippen MR) is 171 cm³/mol. The number of rotatable bonds is 11. The van der Waals surface area contributed by atoms with Crippen LogP contribution in [-0.4, -0.2) is 72.3 Å². The van der Waals surface area contributed by atoms with Crippen LogP contribution < -0.4 is 27.7 Å². The zero-order valence-electron chi connectivity index (χ0n) is 25.1. The number of nitrogens with zero attached hydrogens (tertiary/aromatic N) is 3. The largest absolute Gasteiger partial charge is 0.381 e. The lowest BCUT2D eigenvalue weighted by atomic mass is 9.94. The van der Waals surface area contributed by atoms with Gasteiger partial charge in [-0.25, -0.2) is 15.0 Å². The Bertz CT molecular complexity index is 1760. The number of carbonyl (C=O) groups is 4. The first-order valence-electron chi connectivity index (χ1n) is 14.5. The average Bonchev–Trinajstić information content (AvgIpc) is 3.56. The minimum atomic E-state index is -4.52. The van der Waals surface area contributed by atoms with Gasteiger partial charge >= 0.3 is 10.2 Å². The standard InChI is InChI=1S/C31H36N8O6S/c1-18-21(27(40)22(32)15-19-9-4-2-5-10-19)17-25(28(34)38-46(35,44)45)37-26(18)31(43)39(30(42)24-13-8-14-36-24)29(41)23(33)16-20-11-6-3-7-12-20/h2-7,9-12,17,22-24,36H,8,13-16,32-33H2,1H3,(H2,34,38)(H2,35,44,45)/t22-,23-,24-/m0/s1. The van der Waals surface area contributed by atoms with E-state index in [1.54, 1.807) is 54.6 Å². The predicted octanol–water partition coefficient (Wildman–Crippen LogP) is -0.131. The Kier molecular flexibility index (Phi) is 10.9. The summed E-state index contributed by atoms with van der Waals surface area (Å²) < 4.78 is 26.6. The maximum atomic E-state index is 14.2. The number of hydrogen-bond acceptors (Lipinski definition) is 10. The maximum absolute atomic E-state index is 14.2. The van der Waals surface area contributed by atoms with E-state index in [2.05, 4.69) is 14.7 Å². The number of nitrogens with one attached hydrogen (secondary N) is 1. The van der Waals surface area contributed by atoms with Gasteiger partial charge in [-0.2, -0.15) is 8.42 Å². The van der Waals surface area contributed by atoms with Gasteiger partial charge in [0.1, 0.15) is 11.4 Å². The number of aromatic nitrogens is 1. The molecule has 0 unspecified atom stereocenters. The van der Waals surface area contributed by atoms with Crippen molar-refractivity contribution in [2.75, 3.05) is 6.54 Å². The second-order valence-corrected chi connectivity index (χ2v) is 12.2. The molecular weight excluding hydrogens is 612 g/mol. The van der Waals surface area contributed by atoms with Gasteiger partial charge in [-0.1, -0.05) is 60.7 Å². The lowest BCUT2D eigenvalue weighted by Crippen LogP contribution is -2.55. The summed E-state index contributed by atoms with van der Waals surface area (Å²) >= 11 is 0. The van der Waals surface area contributed by atoms with Crippen LogP contribution in [0.15, 0.2) is 71.1 Å². The van der Waals surface area contributed by atoms with E-state index >= 15 is 0 Å². The van der Waals surface area contributed by atoms with Crippen molar-refractivity contribution in [2.45, 2.75) is 50.7 Å². The fourth-order valence-electron chi connectivity index (χ4n) is 5.14. The number of amidine groups is 1. The van der Waals surface area contributed by atoms with Crippen LogP contribution in [-0.2, 0) is 32.6 Å². The lowest BCUT2D eigenvalue weighted by molar-refractivity contribution is -0.143. The van der Waals surface area contributed by atoms with Crippen molar-refractivity contribution in [1.82, 2.24) is 15.2 Å². The highest BCUT2D eigenvalue weighted by Gasteiger charge is 2.39. The molecule has 1 aliphatic rings. The molecule has 0 aliphatic carbocycles. The number of benzene rings is 2. The SMILES string of the molecule is Cc1c(C(=O)[C@@H](N)Cc2ccccc2)cc(C(N)=NS(N)(=O)=O)nc1C(=O)N(C(=O)[C@@H]1CCCN1)C(=O)[C@@H](N)Cc1ccccc1. The number of nitrogens with two attached hydrogens (primary N) is 4. The molecule has 2 heterocycles. The molecule has 3 atom stereocenters. The number of ketones is 1. The molecule has 0 radical (unpaired) electrons. The molecule has 14 nitrogen and oxygen atoms in total. The number of hydrogen-bond donors (Lipinski definition) is 5. The number of amides is 3. The molecule has 46 heavy (non-hydrogen) atoms. The molecule has 0 spiro atoms. The molecule has 0 saturated carbocycles. The highest BCUT2D eigenvalue weighted by molar-refractivity contribution is 7.88. The molecule has 0 bridgehead atoms. The fraction of sp³-hybridized carbons (Fsp3) is 0.290. The molecule has 9 N–H and O–H groups in total. The molecule has 3 aromatic rings. The van der Waals surface area contributed by atoms with Gasteiger partial charge in [-0.15, -0.1) is 4.40 Å². The van der Waals surface area contributed by atoms with Gasteiger partial charge in [0.2, 0.25) is 0 Å². The fourth-order valence-corrected chi connectivity index (χ4v) is 5.50. The van der Waals surface area contributed by atoms with E-state index in [1.165, 1.54) is 6.92 Å². The third kappa shape index (κ3) is 8.32. The van der Waals surface area contributed by atoms with Crippen molar-refractivity contribution in [2.24, 2.45) is 26.7 Å². The number of carbonyl (C=O) groups excluding carboxylic acids is 4. The van der Waals surface area contributed by atoms with Gasteiger partial charge in [0.15, 0.2) is 11.6 Å². The van der Waals surface area contributed by atoms with Gasteiger partial charge in [0.05, 0.1) is 18.1 Å². The third-order valence-electron chi connectivity index (χ3n) is 7.48. The molecule has 4 rings (SSSR count). The second-order valence-electron chi connectivity index (χ2n) is 10.9. The van der Waals surface area contributed by atoms with Crippen molar-refractivity contribution in [3.05, 3.63) is 100 Å². The molecule has 15 heteroatoms. The molecule has 1 fully saturated rings. The van der Waals surface area contributed by atoms with E-state index in [0.29, 0.717) is 29.8 Å². The maximum Gasteiger partial charge on any atom is 0.319 e. The average molecular weight is 649 g/mol. The summed E-state index contributed by atoms with van der Waals surface area (Å²) in [5.74, 6) is -4.38. The Hall–Kier alpha value is -4.67. The Morgan fingerprint density at radius 3 is 2.07 bits per heavy atom. The Labute approximate surface area is 266 Å². The summed E-state index contributed by atoms with van der Waals surface area (Å²) in [7, 11) is -4.52. The monoisotopic (exact) mass is 648 g/mol. The van der Waals surface area contributed by atoms with Crippen LogP contribution in [0.3, 0.4) is 0 Å².